The third kappa shape index (κ3) is 11.9. The quantitative estimate of drug-likeness (QED) is 0.577. The van der Waals surface area contributed by atoms with E-state index in [1.165, 1.54) is 0 Å². The Balaban J connectivity index is 3.75. The van der Waals surface area contributed by atoms with Gasteiger partial charge in [-0.1, -0.05) is 20.3 Å². The van der Waals surface area contributed by atoms with E-state index in [0.29, 0.717) is 12.3 Å². The van der Waals surface area contributed by atoms with Crippen molar-refractivity contribution in [2.75, 3.05) is 40.3 Å². The van der Waals surface area contributed by atoms with Crippen LogP contribution in [0.15, 0.2) is 0 Å². The fraction of sp³-hybridized carbons (Fsp3) is 0.929. The van der Waals surface area contributed by atoms with Gasteiger partial charge in [0.2, 0.25) is 0 Å². The van der Waals surface area contributed by atoms with Crippen LogP contribution in [0.2, 0.25) is 0 Å². The molecule has 1 N–H and O–H groups in total. The van der Waals surface area contributed by atoms with Crippen LogP contribution in [-0.2, 0) is 4.79 Å². The zero-order valence-corrected chi connectivity index (χ0v) is 12.5. The first-order valence-electron chi connectivity index (χ1n) is 7.00. The third-order valence-corrected chi connectivity index (χ3v) is 2.85. The van der Waals surface area contributed by atoms with Crippen molar-refractivity contribution in [2.24, 2.45) is 5.92 Å². The van der Waals surface area contributed by atoms with Crippen LogP contribution < -0.4 is 0 Å². The summed E-state index contributed by atoms with van der Waals surface area (Å²) in [5.41, 5.74) is 0. The Morgan fingerprint density at radius 3 is 2.22 bits per heavy atom. The standard InChI is InChI=1S/C14H30N2O2/c1-13(2)12-16(11-10-15(3)4)9-7-5-6-8-14(17)18/h13H,5-12H2,1-4H3,(H,17,18). The average Bonchev–Trinajstić information content (AvgIpc) is 2.23. The first-order chi connectivity index (χ1) is 8.41. The molecule has 0 aromatic rings. The SMILES string of the molecule is CC(C)CN(CCCCCC(=O)O)CCN(C)C. The molecule has 0 aromatic heterocycles. The summed E-state index contributed by atoms with van der Waals surface area (Å²) in [5.74, 6) is 0.00725. The first-order valence-corrected chi connectivity index (χ1v) is 7.00. The molecule has 18 heavy (non-hydrogen) atoms. The van der Waals surface area contributed by atoms with E-state index >= 15 is 0 Å². The van der Waals surface area contributed by atoms with Crippen molar-refractivity contribution in [3.63, 3.8) is 0 Å². The van der Waals surface area contributed by atoms with Gasteiger partial charge in [0.05, 0.1) is 0 Å². The van der Waals surface area contributed by atoms with Gasteiger partial charge >= 0.3 is 5.97 Å². The van der Waals surface area contributed by atoms with Crippen LogP contribution in [0.4, 0.5) is 0 Å². The zero-order valence-electron chi connectivity index (χ0n) is 12.5. The number of carbonyl (C=O) groups is 1. The first kappa shape index (κ1) is 17.4. The molecule has 0 aliphatic rings. The number of rotatable bonds is 11. The Kier molecular flexibility index (Phi) is 9.98. The minimum absolute atomic E-state index is 0.307. The summed E-state index contributed by atoms with van der Waals surface area (Å²) in [6.07, 6.45) is 3.23. The van der Waals surface area contributed by atoms with E-state index in [2.05, 4.69) is 37.7 Å². The van der Waals surface area contributed by atoms with E-state index in [1.54, 1.807) is 0 Å². The summed E-state index contributed by atoms with van der Waals surface area (Å²) >= 11 is 0. The highest BCUT2D eigenvalue weighted by atomic mass is 16.4. The monoisotopic (exact) mass is 258 g/mol. The Bertz CT molecular complexity index is 218. The molecule has 0 rings (SSSR count). The van der Waals surface area contributed by atoms with Crippen molar-refractivity contribution < 1.29 is 9.90 Å². The number of aliphatic carboxylic acids is 1. The van der Waals surface area contributed by atoms with Crippen LogP contribution >= 0.6 is 0 Å². The van der Waals surface area contributed by atoms with E-state index in [-0.39, 0.29) is 0 Å². The molecule has 0 atom stereocenters. The minimum Gasteiger partial charge on any atom is -0.481 e. The van der Waals surface area contributed by atoms with Crippen molar-refractivity contribution in [3.8, 4) is 0 Å². The summed E-state index contributed by atoms with van der Waals surface area (Å²) in [6.45, 7) is 8.89. The molecule has 0 unspecified atom stereocenters. The second-order valence-corrected chi connectivity index (χ2v) is 5.70. The lowest BCUT2D eigenvalue weighted by atomic mass is 10.1. The highest BCUT2D eigenvalue weighted by Crippen LogP contribution is 2.05. The van der Waals surface area contributed by atoms with Crippen molar-refractivity contribution in [1.29, 1.82) is 0 Å². The van der Waals surface area contributed by atoms with E-state index in [9.17, 15) is 4.79 Å². The minimum atomic E-state index is -0.679. The topological polar surface area (TPSA) is 43.8 Å². The Morgan fingerprint density at radius 1 is 1.06 bits per heavy atom. The van der Waals surface area contributed by atoms with Crippen molar-refractivity contribution >= 4 is 5.97 Å². The van der Waals surface area contributed by atoms with E-state index in [1.807, 2.05) is 0 Å². The van der Waals surface area contributed by atoms with Gasteiger partial charge in [-0.05, 0) is 39.4 Å². The number of carboxylic acids is 1. The van der Waals surface area contributed by atoms with Crippen molar-refractivity contribution in [3.05, 3.63) is 0 Å². The Labute approximate surface area is 112 Å². The fourth-order valence-electron chi connectivity index (χ4n) is 1.94. The van der Waals surface area contributed by atoms with Gasteiger partial charge in [0.15, 0.2) is 0 Å². The summed E-state index contributed by atoms with van der Waals surface area (Å²) in [6, 6.07) is 0. The van der Waals surface area contributed by atoms with E-state index in [0.717, 1.165) is 45.4 Å². The number of likely N-dealkylation sites (N-methyl/N-ethyl adjacent to an activating group) is 1. The lowest BCUT2D eigenvalue weighted by molar-refractivity contribution is -0.137. The maximum Gasteiger partial charge on any atom is 0.303 e. The number of carboxylic acid groups (broad SMARTS) is 1. The molecule has 0 fully saturated rings. The van der Waals surface area contributed by atoms with E-state index < -0.39 is 5.97 Å². The Morgan fingerprint density at radius 2 is 1.72 bits per heavy atom. The van der Waals surface area contributed by atoms with Gasteiger partial charge in [-0.3, -0.25) is 4.79 Å². The van der Waals surface area contributed by atoms with Gasteiger partial charge in [-0.25, -0.2) is 0 Å². The van der Waals surface area contributed by atoms with E-state index in [4.69, 9.17) is 5.11 Å². The molecule has 0 aliphatic carbocycles. The van der Waals surface area contributed by atoms with Crippen LogP contribution in [0, 0.1) is 5.92 Å². The molecule has 108 valence electrons. The largest absolute Gasteiger partial charge is 0.481 e. The number of hydrogen-bond donors (Lipinski definition) is 1. The molecule has 0 saturated carbocycles. The molecule has 0 spiro atoms. The smallest absolute Gasteiger partial charge is 0.303 e. The number of nitrogens with zero attached hydrogens (tertiary/aromatic N) is 2. The summed E-state index contributed by atoms with van der Waals surface area (Å²) in [5, 5.41) is 8.57. The lowest BCUT2D eigenvalue weighted by Gasteiger charge is -2.25. The maximum absolute atomic E-state index is 10.4. The second-order valence-electron chi connectivity index (χ2n) is 5.70. The fourth-order valence-corrected chi connectivity index (χ4v) is 1.94. The number of hydrogen-bond acceptors (Lipinski definition) is 3. The van der Waals surface area contributed by atoms with Crippen LogP contribution in [0.5, 0.6) is 0 Å². The molecule has 4 nitrogen and oxygen atoms in total. The highest BCUT2D eigenvalue weighted by molar-refractivity contribution is 5.66. The van der Waals surface area contributed by atoms with Gasteiger partial charge in [-0.2, -0.15) is 0 Å². The van der Waals surface area contributed by atoms with Crippen LogP contribution in [0.3, 0.4) is 0 Å². The molecule has 0 amide bonds. The van der Waals surface area contributed by atoms with Crippen molar-refractivity contribution in [1.82, 2.24) is 9.80 Å². The molecule has 0 heterocycles. The molecule has 4 heteroatoms. The molecular weight excluding hydrogens is 228 g/mol. The lowest BCUT2D eigenvalue weighted by Crippen LogP contribution is -2.35. The molecule has 0 bridgehead atoms. The third-order valence-electron chi connectivity index (χ3n) is 2.85. The Hall–Kier alpha value is -0.610. The normalized spacial score (nSPS) is 11.7. The molecule has 0 radical (unpaired) electrons. The summed E-state index contributed by atoms with van der Waals surface area (Å²) in [4.78, 5) is 15.1. The zero-order chi connectivity index (χ0) is 14.0. The van der Waals surface area contributed by atoms with Gasteiger partial charge in [0.25, 0.3) is 0 Å². The van der Waals surface area contributed by atoms with Crippen molar-refractivity contribution in [2.45, 2.75) is 39.5 Å². The molecule has 0 aliphatic heterocycles. The van der Waals surface area contributed by atoms with Gasteiger partial charge < -0.3 is 14.9 Å². The predicted octanol–water partition coefficient (Wildman–Crippen LogP) is 2.15. The molecule has 0 aromatic carbocycles. The van der Waals surface area contributed by atoms with Gasteiger partial charge in [-0.15, -0.1) is 0 Å². The highest BCUT2D eigenvalue weighted by Gasteiger charge is 2.07. The van der Waals surface area contributed by atoms with Gasteiger partial charge in [0.1, 0.15) is 0 Å². The predicted molar refractivity (Wildman–Crippen MR) is 75.9 cm³/mol. The van der Waals surface area contributed by atoms with Crippen LogP contribution in [0.25, 0.3) is 0 Å². The molecule has 0 saturated heterocycles. The molecular formula is C14H30N2O2. The summed E-state index contributed by atoms with van der Waals surface area (Å²) < 4.78 is 0. The van der Waals surface area contributed by atoms with Gasteiger partial charge in [0, 0.05) is 26.1 Å². The van der Waals surface area contributed by atoms with Crippen LogP contribution in [0.1, 0.15) is 39.5 Å². The number of unbranched alkanes of at least 4 members (excludes halogenated alkanes) is 2. The maximum atomic E-state index is 10.4. The average molecular weight is 258 g/mol. The second kappa shape index (κ2) is 10.3. The van der Waals surface area contributed by atoms with Crippen LogP contribution in [-0.4, -0.2) is 61.2 Å². The summed E-state index contributed by atoms with van der Waals surface area (Å²) in [7, 11) is 4.20.